The first-order valence-corrected chi connectivity index (χ1v) is 11.9. The second kappa shape index (κ2) is 9.81. The van der Waals surface area contributed by atoms with Crippen molar-refractivity contribution in [3.63, 3.8) is 0 Å². The van der Waals surface area contributed by atoms with E-state index >= 15 is 0 Å². The SMILES string of the molecule is COc1ccccc1[C@H](C)NC(=O)c1cc(S(=O)(=O)N2CCCCCC2)ccc1Cl. The fourth-order valence-corrected chi connectivity index (χ4v) is 5.39. The van der Waals surface area contributed by atoms with Crippen LogP contribution in [0.15, 0.2) is 47.4 Å². The fourth-order valence-electron chi connectivity index (χ4n) is 3.65. The molecule has 1 aliphatic rings. The molecule has 0 aliphatic carbocycles. The van der Waals surface area contributed by atoms with Gasteiger partial charge in [-0.3, -0.25) is 4.79 Å². The Morgan fingerprint density at radius 1 is 1.10 bits per heavy atom. The van der Waals surface area contributed by atoms with Gasteiger partial charge in [0.25, 0.3) is 5.91 Å². The molecule has 30 heavy (non-hydrogen) atoms. The number of ether oxygens (including phenoxy) is 1. The largest absolute Gasteiger partial charge is 0.496 e. The highest BCUT2D eigenvalue weighted by Crippen LogP contribution is 2.27. The first kappa shape index (κ1) is 22.6. The van der Waals surface area contributed by atoms with Gasteiger partial charge in [0.05, 0.1) is 28.6 Å². The highest BCUT2D eigenvalue weighted by molar-refractivity contribution is 7.89. The maximum Gasteiger partial charge on any atom is 0.253 e. The zero-order valence-electron chi connectivity index (χ0n) is 17.2. The topological polar surface area (TPSA) is 75.7 Å². The van der Waals surface area contributed by atoms with E-state index in [0.29, 0.717) is 18.8 Å². The number of nitrogens with one attached hydrogen (secondary N) is 1. The Labute approximate surface area is 183 Å². The van der Waals surface area contributed by atoms with Gasteiger partial charge in [0, 0.05) is 18.7 Å². The van der Waals surface area contributed by atoms with Crippen molar-refractivity contribution in [3.05, 3.63) is 58.6 Å². The molecule has 0 radical (unpaired) electrons. The molecule has 0 unspecified atom stereocenters. The van der Waals surface area contributed by atoms with Gasteiger partial charge in [0.1, 0.15) is 5.75 Å². The van der Waals surface area contributed by atoms with Crippen molar-refractivity contribution in [1.82, 2.24) is 9.62 Å². The van der Waals surface area contributed by atoms with E-state index in [1.54, 1.807) is 7.11 Å². The van der Waals surface area contributed by atoms with Crippen LogP contribution in [0, 0.1) is 0 Å². The first-order chi connectivity index (χ1) is 14.3. The van der Waals surface area contributed by atoms with Crippen LogP contribution in [0.4, 0.5) is 0 Å². The molecule has 0 saturated carbocycles. The van der Waals surface area contributed by atoms with Crippen LogP contribution in [0.25, 0.3) is 0 Å². The summed E-state index contributed by atoms with van der Waals surface area (Å²) >= 11 is 6.25. The number of hydrogen-bond donors (Lipinski definition) is 1. The number of benzene rings is 2. The Bertz CT molecular complexity index is 1000. The summed E-state index contributed by atoms with van der Waals surface area (Å²) in [6.45, 7) is 2.83. The molecule has 0 aromatic heterocycles. The summed E-state index contributed by atoms with van der Waals surface area (Å²) in [4.78, 5) is 13.0. The Morgan fingerprint density at radius 3 is 2.43 bits per heavy atom. The van der Waals surface area contributed by atoms with Gasteiger partial charge in [0.2, 0.25) is 10.0 Å². The summed E-state index contributed by atoms with van der Waals surface area (Å²) in [5, 5.41) is 3.09. The van der Waals surface area contributed by atoms with Crippen LogP contribution in [-0.4, -0.2) is 38.8 Å². The van der Waals surface area contributed by atoms with Crippen molar-refractivity contribution in [3.8, 4) is 5.75 Å². The molecule has 6 nitrogen and oxygen atoms in total. The summed E-state index contributed by atoms with van der Waals surface area (Å²) in [7, 11) is -2.10. The standard InChI is InChI=1S/C22H27ClN2O4S/c1-16(18-9-5-6-10-21(18)29-2)24-22(26)19-15-17(11-12-20(19)23)30(27,28)25-13-7-3-4-8-14-25/h5-6,9-12,15-16H,3-4,7-8,13-14H2,1-2H3,(H,24,26)/t16-/m0/s1. The lowest BCUT2D eigenvalue weighted by molar-refractivity contribution is 0.0939. The van der Waals surface area contributed by atoms with E-state index in [-0.39, 0.29) is 21.5 Å². The molecule has 2 aromatic rings. The Hall–Kier alpha value is -2.09. The zero-order valence-corrected chi connectivity index (χ0v) is 18.8. The molecule has 2 aromatic carbocycles. The highest BCUT2D eigenvalue weighted by Gasteiger charge is 2.27. The van der Waals surface area contributed by atoms with Crippen molar-refractivity contribution in [1.29, 1.82) is 0 Å². The summed E-state index contributed by atoms with van der Waals surface area (Å²) in [5.41, 5.74) is 0.951. The van der Waals surface area contributed by atoms with E-state index in [1.807, 2.05) is 31.2 Å². The van der Waals surface area contributed by atoms with E-state index in [1.165, 1.54) is 22.5 Å². The predicted octanol–water partition coefficient (Wildman–Crippen LogP) is 4.40. The average molecular weight is 451 g/mol. The molecule has 0 spiro atoms. The van der Waals surface area contributed by atoms with Crippen molar-refractivity contribution in [2.75, 3.05) is 20.2 Å². The lowest BCUT2D eigenvalue weighted by Gasteiger charge is -2.21. The van der Waals surface area contributed by atoms with Crippen LogP contribution in [0.1, 0.15) is 54.6 Å². The smallest absolute Gasteiger partial charge is 0.253 e. The maximum absolute atomic E-state index is 13.1. The van der Waals surface area contributed by atoms with Crippen molar-refractivity contribution in [2.24, 2.45) is 0 Å². The summed E-state index contributed by atoms with van der Waals surface area (Å²) in [5.74, 6) is 0.222. The second-order valence-electron chi connectivity index (χ2n) is 7.40. The Morgan fingerprint density at radius 2 is 1.77 bits per heavy atom. The molecule has 1 heterocycles. The number of carbonyl (C=O) groups is 1. The summed E-state index contributed by atoms with van der Waals surface area (Å²) in [6, 6.07) is 11.3. The summed E-state index contributed by atoms with van der Waals surface area (Å²) in [6.07, 6.45) is 3.75. The number of methoxy groups -OCH3 is 1. The van der Waals surface area contributed by atoms with E-state index in [4.69, 9.17) is 16.3 Å². The minimum Gasteiger partial charge on any atom is -0.496 e. The van der Waals surface area contributed by atoms with Crippen LogP contribution in [-0.2, 0) is 10.0 Å². The minimum atomic E-state index is -3.67. The highest BCUT2D eigenvalue weighted by atomic mass is 35.5. The van der Waals surface area contributed by atoms with Crippen molar-refractivity contribution < 1.29 is 17.9 Å². The van der Waals surface area contributed by atoms with Gasteiger partial charge in [-0.2, -0.15) is 4.31 Å². The molecule has 1 N–H and O–H groups in total. The average Bonchev–Trinajstić information content (AvgIpc) is 3.04. The Kier molecular flexibility index (Phi) is 7.39. The van der Waals surface area contributed by atoms with E-state index in [0.717, 1.165) is 31.2 Å². The zero-order chi connectivity index (χ0) is 21.7. The van der Waals surface area contributed by atoms with Crippen LogP contribution < -0.4 is 10.1 Å². The van der Waals surface area contributed by atoms with Crippen molar-refractivity contribution >= 4 is 27.5 Å². The predicted molar refractivity (Wildman–Crippen MR) is 118 cm³/mol. The van der Waals surface area contributed by atoms with Gasteiger partial charge in [-0.25, -0.2) is 8.42 Å². The molecule has 1 fully saturated rings. The second-order valence-corrected chi connectivity index (χ2v) is 9.74. The number of halogens is 1. The number of rotatable bonds is 6. The van der Waals surface area contributed by atoms with Crippen LogP contribution in [0.3, 0.4) is 0 Å². The number of carbonyl (C=O) groups excluding carboxylic acids is 1. The number of hydrogen-bond acceptors (Lipinski definition) is 4. The van der Waals surface area contributed by atoms with Gasteiger partial charge in [-0.15, -0.1) is 0 Å². The number of nitrogens with zero attached hydrogens (tertiary/aromatic N) is 1. The van der Waals surface area contributed by atoms with Crippen molar-refractivity contribution in [2.45, 2.75) is 43.5 Å². The molecule has 162 valence electrons. The number of amides is 1. The fraction of sp³-hybridized carbons (Fsp3) is 0.409. The van der Waals surface area contributed by atoms with E-state index in [2.05, 4.69) is 5.32 Å². The third-order valence-electron chi connectivity index (χ3n) is 5.34. The summed E-state index contributed by atoms with van der Waals surface area (Å²) < 4.78 is 33.0. The van der Waals surface area contributed by atoms with E-state index < -0.39 is 15.9 Å². The molecule has 1 atom stereocenters. The number of para-hydroxylation sites is 1. The van der Waals surface area contributed by atoms with Gasteiger partial charge < -0.3 is 10.1 Å². The lowest BCUT2D eigenvalue weighted by atomic mass is 10.1. The molecule has 1 amide bonds. The molecular weight excluding hydrogens is 424 g/mol. The van der Waals surface area contributed by atoms with Crippen LogP contribution in [0.2, 0.25) is 5.02 Å². The van der Waals surface area contributed by atoms with Crippen LogP contribution in [0.5, 0.6) is 5.75 Å². The quantitative estimate of drug-likeness (QED) is 0.707. The molecule has 0 bridgehead atoms. The molecule has 8 heteroatoms. The van der Waals surface area contributed by atoms with Gasteiger partial charge in [0.15, 0.2) is 0 Å². The molecular formula is C22H27ClN2O4S. The number of sulfonamides is 1. The van der Waals surface area contributed by atoms with Crippen LogP contribution >= 0.6 is 11.6 Å². The normalized spacial score (nSPS) is 16.5. The Balaban J connectivity index is 1.84. The van der Waals surface area contributed by atoms with Gasteiger partial charge in [-0.1, -0.05) is 42.6 Å². The minimum absolute atomic E-state index is 0.0869. The molecule has 1 saturated heterocycles. The third kappa shape index (κ3) is 4.96. The first-order valence-electron chi connectivity index (χ1n) is 10.1. The lowest BCUT2D eigenvalue weighted by Crippen LogP contribution is -2.32. The monoisotopic (exact) mass is 450 g/mol. The third-order valence-corrected chi connectivity index (χ3v) is 7.56. The molecule has 3 rings (SSSR count). The van der Waals surface area contributed by atoms with Gasteiger partial charge in [-0.05, 0) is 44.0 Å². The van der Waals surface area contributed by atoms with Gasteiger partial charge >= 0.3 is 0 Å². The molecule has 1 aliphatic heterocycles. The maximum atomic E-state index is 13.1. The van der Waals surface area contributed by atoms with E-state index in [9.17, 15) is 13.2 Å².